The molecule has 0 spiro atoms. The molecule has 2 amide bonds. The van der Waals surface area contributed by atoms with Gasteiger partial charge in [0.05, 0.1) is 5.69 Å². The maximum absolute atomic E-state index is 11.7. The average Bonchev–Trinajstić information content (AvgIpc) is 2.22. The van der Waals surface area contributed by atoms with E-state index in [0.29, 0.717) is 12.5 Å². The van der Waals surface area contributed by atoms with Crippen LogP contribution in [-0.4, -0.2) is 13.1 Å². The van der Waals surface area contributed by atoms with Crippen molar-refractivity contribution < 1.29 is 4.79 Å². The Kier molecular flexibility index (Phi) is 2.86. The van der Waals surface area contributed by atoms with E-state index in [4.69, 9.17) is 0 Å². The predicted octanol–water partition coefficient (Wildman–Crippen LogP) is 3.09. The van der Waals surface area contributed by atoms with E-state index in [1.807, 2.05) is 7.05 Å². The Bertz CT molecular complexity index is 478. The van der Waals surface area contributed by atoms with Crippen LogP contribution in [0.4, 0.5) is 10.5 Å². The number of nitrogens with one attached hydrogen (secondary N) is 1. The molecule has 1 heterocycles. The number of rotatable bonds is 1. The first-order valence-electron chi connectivity index (χ1n) is 6.08. The second kappa shape index (κ2) is 4.06. The van der Waals surface area contributed by atoms with Crippen LogP contribution in [0.5, 0.6) is 0 Å². The number of anilines is 1. The van der Waals surface area contributed by atoms with Crippen molar-refractivity contribution in [2.75, 3.05) is 11.9 Å². The molecule has 0 radical (unpaired) electrons. The summed E-state index contributed by atoms with van der Waals surface area (Å²) in [6.45, 7) is 9.31. The topological polar surface area (TPSA) is 32.3 Å². The van der Waals surface area contributed by atoms with Crippen molar-refractivity contribution in [3.05, 3.63) is 28.3 Å². The summed E-state index contributed by atoms with van der Waals surface area (Å²) in [6.07, 6.45) is 0. The Morgan fingerprint density at radius 2 is 2.00 bits per heavy atom. The summed E-state index contributed by atoms with van der Waals surface area (Å²) in [5, 5.41) is 2.88. The number of aryl methyl sites for hydroxylation is 1. The van der Waals surface area contributed by atoms with Gasteiger partial charge in [-0.05, 0) is 42.0 Å². The fourth-order valence-corrected chi connectivity index (χ4v) is 2.95. The zero-order valence-electron chi connectivity index (χ0n) is 11.2. The highest BCUT2D eigenvalue weighted by Crippen LogP contribution is 2.35. The molecule has 2 rings (SSSR count). The van der Waals surface area contributed by atoms with Gasteiger partial charge in [0, 0.05) is 13.6 Å². The summed E-state index contributed by atoms with van der Waals surface area (Å²) in [5.41, 5.74) is 6.23. The zero-order valence-corrected chi connectivity index (χ0v) is 11.2. The first-order chi connectivity index (χ1) is 7.93. The molecule has 1 aliphatic heterocycles. The Morgan fingerprint density at radius 1 is 1.35 bits per heavy atom. The predicted molar refractivity (Wildman–Crippen MR) is 70.6 cm³/mol. The minimum atomic E-state index is -0.0147. The molecule has 0 saturated heterocycles. The molecule has 1 aliphatic rings. The van der Waals surface area contributed by atoms with E-state index in [1.54, 1.807) is 4.90 Å². The summed E-state index contributed by atoms with van der Waals surface area (Å²) in [6, 6.07) is 2.19. The summed E-state index contributed by atoms with van der Waals surface area (Å²) in [7, 11) is 1.83. The second-order valence-corrected chi connectivity index (χ2v) is 5.11. The molecule has 0 saturated carbocycles. The third-order valence-corrected chi connectivity index (χ3v) is 3.53. The summed E-state index contributed by atoms with van der Waals surface area (Å²) >= 11 is 0. The van der Waals surface area contributed by atoms with Gasteiger partial charge in [-0.15, -0.1) is 0 Å². The van der Waals surface area contributed by atoms with E-state index in [9.17, 15) is 4.79 Å². The second-order valence-electron chi connectivity index (χ2n) is 5.11. The number of fused-ring (bicyclic) bond motifs is 1. The number of urea groups is 1. The van der Waals surface area contributed by atoms with E-state index in [2.05, 4.69) is 39.1 Å². The number of hydrogen-bond donors (Lipinski definition) is 1. The SMILES string of the molecule is Cc1cc2c(c(C)c1C(C)C)N(C)C(=O)NC2. The molecular weight excluding hydrogens is 212 g/mol. The van der Waals surface area contributed by atoms with Crippen LogP contribution in [0.25, 0.3) is 0 Å². The maximum atomic E-state index is 11.7. The number of carbonyl (C=O) groups excluding carboxylic acids is 1. The van der Waals surface area contributed by atoms with E-state index in [-0.39, 0.29) is 6.03 Å². The Morgan fingerprint density at radius 3 is 2.59 bits per heavy atom. The summed E-state index contributed by atoms with van der Waals surface area (Å²) in [4.78, 5) is 13.4. The molecule has 0 aromatic heterocycles. The zero-order chi connectivity index (χ0) is 12.7. The van der Waals surface area contributed by atoms with Crippen molar-refractivity contribution in [2.24, 2.45) is 0 Å². The van der Waals surface area contributed by atoms with Gasteiger partial charge in [0.15, 0.2) is 0 Å². The van der Waals surface area contributed by atoms with E-state index >= 15 is 0 Å². The third-order valence-electron chi connectivity index (χ3n) is 3.53. The van der Waals surface area contributed by atoms with Crippen LogP contribution in [0.15, 0.2) is 6.07 Å². The first-order valence-corrected chi connectivity index (χ1v) is 6.08. The van der Waals surface area contributed by atoms with Crippen molar-refractivity contribution >= 4 is 11.7 Å². The lowest BCUT2D eigenvalue weighted by Crippen LogP contribution is -2.42. The van der Waals surface area contributed by atoms with Crippen molar-refractivity contribution in [1.82, 2.24) is 5.32 Å². The van der Waals surface area contributed by atoms with Crippen molar-refractivity contribution in [3.8, 4) is 0 Å². The lowest BCUT2D eigenvalue weighted by Gasteiger charge is -2.31. The monoisotopic (exact) mass is 232 g/mol. The molecule has 17 heavy (non-hydrogen) atoms. The largest absolute Gasteiger partial charge is 0.334 e. The number of amides is 2. The van der Waals surface area contributed by atoms with Gasteiger partial charge < -0.3 is 5.32 Å². The van der Waals surface area contributed by atoms with Crippen LogP contribution in [0.3, 0.4) is 0 Å². The minimum absolute atomic E-state index is 0.0147. The maximum Gasteiger partial charge on any atom is 0.321 e. The minimum Gasteiger partial charge on any atom is -0.334 e. The molecule has 1 aromatic carbocycles. The van der Waals surface area contributed by atoms with Crippen LogP contribution in [0.2, 0.25) is 0 Å². The fourth-order valence-electron chi connectivity index (χ4n) is 2.95. The molecule has 3 nitrogen and oxygen atoms in total. The van der Waals surface area contributed by atoms with Gasteiger partial charge in [0.1, 0.15) is 0 Å². The highest BCUT2D eigenvalue weighted by molar-refractivity contribution is 5.95. The third kappa shape index (κ3) is 1.79. The molecule has 0 fully saturated rings. The molecule has 1 aromatic rings. The number of benzene rings is 1. The molecule has 92 valence electrons. The molecule has 0 atom stereocenters. The van der Waals surface area contributed by atoms with E-state index in [1.165, 1.54) is 22.3 Å². The highest BCUT2D eigenvalue weighted by atomic mass is 16.2. The molecule has 3 heteroatoms. The highest BCUT2D eigenvalue weighted by Gasteiger charge is 2.25. The first kappa shape index (κ1) is 12.0. The van der Waals surface area contributed by atoms with E-state index < -0.39 is 0 Å². The Balaban J connectivity index is 2.67. The molecule has 1 N–H and O–H groups in total. The van der Waals surface area contributed by atoms with Gasteiger partial charge >= 0.3 is 6.03 Å². The lowest BCUT2D eigenvalue weighted by atomic mass is 9.89. The fraction of sp³-hybridized carbons (Fsp3) is 0.500. The number of nitrogens with zero attached hydrogens (tertiary/aromatic N) is 1. The van der Waals surface area contributed by atoms with Crippen LogP contribution in [0.1, 0.15) is 42.0 Å². The van der Waals surface area contributed by atoms with Crippen LogP contribution in [0, 0.1) is 13.8 Å². The Labute approximate surface area is 103 Å². The van der Waals surface area contributed by atoms with Crippen LogP contribution < -0.4 is 10.2 Å². The van der Waals surface area contributed by atoms with Crippen molar-refractivity contribution in [1.29, 1.82) is 0 Å². The molecule has 0 aliphatic carbocycles. The van der Waals surface area contributed by atoms with Gasteiger partial charge in [-0.2, -0.15) is 0 Å². The molecule has 0 bridgehead atoms. The lowest BCUT2D eigenvalue weighted by molar-refractivity contribution is 0.246. The van der Waals surface area contributed by atoms with Crippen LogP contribution in [-0.2, 0) is 6.54 Å². The Hall–Kier alpha value is -1.51. The van der Waals surface area contributed by atoms with Gasteiger partial charge in [0.25, 0.3) is 0 Å². The number of carbonyl (C=O) groups is 1. The molecular formula is C14H20N2O. The smallest absolute Gasteiger partial charge is 0.321 e. The van der Waals surface area contributed by atoms with Gasteiger partial charge in [-0.3, -0.25) is 4.90 Å². The van der Waals surface area contributed by atoms with Crippen LogP contribution >= 0.6 is 0 Å². The molecule has 0 unspecified atom stereocenters. The quantitative estimate of drug-likeness (QED) is 0.793. The summed E-state index contributed by atoms with van der Waals surface area (Å²) in [5.74, 6) is 0.485. The van der Waals surface area contributed by atoms with Gasteiger partial charge in [0.2, 0.25) is 0 Å². The van der Waals surface area contributed by atoms with Gasteiger partial charge in [-0.25, -0.2) is 4.79 Å². The summed E-state index contributed by atoms with van der Waals surface area (Å²) < 4.78 is 0. The standard InChI is InChI=1S/C14H20N2O/c1-8(2)12-9(3)6-11-7-15-14(17)16(5)13(11)10(12)4/h6,8H,7H2,1-5H3,(H,15,17). The van der Waals surface area contributed by atoms with Gasteiger partial charge in [-0.1, -0.05) is 19.9 Å². The van der Waals surface area contributed by atoms with Crippen molar-refractivity contribution in [2.45, 2.75) is 40.2 Å². The normalized spacial score (nSPS) is 14.9. The average molecular weight is 232 g/mol. The van der Waals surface area contributed by atoms with E-state index in [0.717, 1.165) is 5.69 Å². The number of hydrogen-bond acceptors (Lipinski definition) is 1. The van der Waals surface area contributed by atoms with Crippen molar-refractivity contribution in [3.63, 3.8) is 0 Å².